The average Bonchev–Trinajstić information content (AvgIpc) is 3.05. The summed E-state index contributed by atoms with van der Waals surface area (Å²) in [4.78, 5) is 93.3. The summed E-state index contributed by atoms with van der Waals surface area (Å²) in [6, 6.07) is -7.20. The van der Waals surface area contributed by atoms with Crippen LogP contribution in [0.1, 0.15) is 59.8 Å². The summed E-state index contributed by atoms with van der Waals surface area (Å²) in [5.74, 6) is -6.16. The number of nitrogens with two attached hydrogens (primary N) is 5. The van der Waals surface area contributed by atoms with Crippen molar-refractivity contribution in [2.24, 2.45) is 44.7 Å². The molecule has 1 heterocycles. The van der Waals surface area contributed by atoms with Crippen molar-refractivity contribution in [3.63, 3.8) is 0 Å². The Morgan fingerprint density at radius 3 is 2.21 bits per heavy atom. The third-order valence-corrected chi connectivity index (χ3v) is 7.41. The highest BCUT2D eigenvalue weighted by molar-refractivity contribution is 6.02. The second-order valence-electron chi connectivity index (χ2n) is 12.5. The molecule has 0 radical (unpaired) electrons. The van der Waals surface area contributed by atoms with Gasteiger partial charge in [-0.3, -0.25) is 29.0 Å². The first-order valence-electron chi connectivity index (χ1n) is 16.4. The zero-order valence-corrected chi connectivity index (χ0v) is 29.7. The lowest BCUT2D eigenvalue weighted by Crippen LogP contribution is -2.61. The number of nitrogens with zero attached hydrogens (tertiary/aromatic N) is 3. The van der Waals surface area contributed by atoms with E-state index < -0.39 is 96.8 Å². The Labute approximate surface area is 300 Å². The number of aliphatic carboxylic acids is 1. The summed E-state index contributed by atoms with van der Waals surface area (Å²) in [5, 5.41) is 33.1. The smallest absolute Gasteiger partial charge is 0.404 e. The number of rotatable bonds is 20. The van der Waals surface area contributed by atoms with E-state index in [1.807, 2.05) is 5.32 Å². The summed E-state index contributed by atoms with van der Waals surface area (Å²) < 4.78 is 4.71. The highest BCUT2D eigenvalue weighted by Gasteiger charge is 2.39. The van der Waals surface area contributed by atoms with Crippen LogP contribution < -0.4 is 49.9 Å². The van der Waals surface area contributed by atoms with E-state index in [-0.39, 0.29) is 56.1 Å². The van der Waals surface area contributed by atoms with Gasteiger partial charge in [-0.25, -0.2) is 14.6 Å². The second-order valence-corrected chi connectivity index (χ2v) is 12.5. The molecule has 6 amide bonds. The zero-order chi connectivity index (χ0) is 39.7. The van der Waals surface area contributed by atoms with Crippen LogP contribution in [0.25, 0.3) is 0 Å². The maximum atomic E-state index is 13.7. The molecular weight excluding hydrogens is 688 g/mol. The molecule has 6 atom stereocenters. The van der Waals surface area contributed by atoms with Crippen molar-refractivity contribution >= 4 is 53.8 Å². The fourth-order valence-electron chi connectivity index (χ4n) is 4.73. The van der Waals surface area contributed by atoms with Crippen molar-refractivity contribution in [2.45, 2.75) is 96.1 Å². The number of aliphatic hydroxyl groups is 1. The predicted molar refractivity (Wildman–Crippen MR) is 186 cm³/mol. The van der Waals surface area contributed by atoms with Gasteiger partial charge in [0.25, 0.3) is 11.8 Å². The highest BCUT2D eigenvalue weighted by atomic mass is 16.5. The van der Waals surface area contributed by atoms with Crippen LogP contribution in [0.4, 0.5) is 4.79 Å². The van der Waals surface area contributed by atoms with Crippen LogP contribution in [-0.4, -0.2) is 125 Å². The topological polar surface area (TPSA) is 375 Å². The first-order chi connectivity index (χ1) is 24.3. The Hall–Kier alpha value is -5.35. The molecule has 0 saturated carbocycles. The molecular formula is C30H52N12O10. The van der Waals surface area contributed by atoms with Crippen LogP contribution in [-0.2, 0) is 33.5 Å². The zero-order valence-electron chi connectivity index (χ0n) is 29.7. The Balaban J connectivity index is 3.27. The quantitative estimate of drug-likeness (QED) is 0.0320. The number of hydrogen-bond acceptors (Lipinski definition) is 13. The molecule has 1 aliphatic rings. The molecule has 292 valence electrons. The summed E-state index contributed by atoms with van der Waals surface area (Å²) in [5.41, 5.74) is 27.1. The summed E-state index contributed by atoms with van der Waals surface area (Å²) >= 11 is 0. The molecule has 6 unspecified atom stereocenters. The average molecular weight is 741 g/mol. The number of guanidine groups is 1. The molecule has 0 aliphatic carbocycles. The third kappa shape index (κ3) is 15.3. The van der Waals surface area contributed by atoms with Crippen LogP contribution in [0.2, 0.25) is 0 Å². The first-order valence-corrected chi connectivity index (χ1v) is 16.4. The Bertz CT molecular complexity index is 1400. The lowest BCUT2D eigenvalue weighted by molar-refractivity contribution is -0.145. The monoisotopic (exact) mass is 740 g/mol. The molecule has 52 heavy (non-hydrogen) atoms. The van der Waals surface area contributed by atoms with E-state index in [1.165, 1.54) is 20.1 Å². The Morgan fingerprint density at radius 1 is 1.02 bits per heavy atom. The maximum absolute atomic E-state index is 13.7. The van der Waals surface area contributed by atoms with Crippen molar-refractivity contribution in [1.29, 1.82) is 0 Å². The molecule has 0 aromatic carbocycles. The van der Waals surface area contributed by atoms with Crippen LogP contribution in [0, 0.1) is 5.92 Å². The van der Waals surface area contributed by atoms with E-state index >= 15 is 0 Å². The molecule has 0 aromatic rings. The maximum Gasteiger partial charge on any atom is 0.404 e. The van der Waals surface area contributed by atoms with Crippen molar-refractivity contribution in [1.82, 2.24) is 26.3 Å². The molecule has 0 fully saturated rings. The molecule has 0 saturated heterocycles. The SMILES string of the molecule is CC(COC(N)=O)=C(NC(=O)C(CC(C)C)NC(=O)C1CCC=NN1C(=O)C(NC(=O)CC(N)CCN=C(N)N)C(C)N)C(=O)NC(CO)C(=O)O. The summed E-state index contributed by atoms with van der Waals surface area (Å²) in [6.07, 6.45) is 0.700. The minimum absolute atomic E-state index is 0.0313. The number of carboxylic acids is 1. The van der Waals surface area contributed by atoms with Crippen molar-refractivity contribution in [3.8, 4) is 0 Å². The molecule has 22 nitrogen and oxygen atoms in total. The van der Waals surface area contributed by atoms with Gasteiger partial charge in [-0.1, -0.05) is 13.8 Å². The molecule has 1 aliphatic heterocycles. The molecule has 0 aromatic heterocycles. The van der Waals surface area contributed by atoms with E-state index in [2.05, 4.69) is 26.0 Å². The predicted octanol–water partition coefficient (Wildman–Crippen LogP) is -4.25. The van der Waals surface area contributed by atoms with Gasteiger partial charge in [0.2, 0.25) is 17.7 Å². The van der Waals surface area contributed by atoms with Gasteiger partial charge in [-0.05, 0) is 51.0 Å². The lowest BCUT2D eigenvalue weighted by atomic mass is 10.0. The number of hydrazone groups is 1. The van der Waals surface area contributed by atoms with E-state index in [0.717, 1.165) is 5.01 Å². The molecule has 0 spiro atoms. The Morgan fingerprint density at radius 2 is 1.67 bits per heavy atom. The number of carbonyl (C=O) groups excluding carboxylic acids is 6. The molecule has 22 heteroatoms. The fourth-order valence-corrected chi connectivity index (χ4v) is 4.73. The molecule has 0 bridgehead atoms. The van der Waals surface area contributed by atoms with Gasteiger partial charge in [0.05, 0.1) is 6.61 Å². The van der Waals surface area contributed by atoms with Crippen molar-refractivity contribution < 1.29 is 48.5 Å². The second kappa shape index (κ2) is 21.8. The van der Waals surface area contributed by atoms with E-state index in [1.54, 1.807) is 13.8 Å². The number of aliphatic imine (C=N–C) groups is 1. The van der Waals surface area contributed by atoms with Gasteiger partial charge in [-0.15, -0.1) is 0 Å². The first kappa shape index (κ1) is 44.7. The number of ether oxygens (including phenoxy) is 1. The number of amides is 6. The van der Waals surface area contributed by atoms with E-state index in [9.17, 15) is 43.8 Å². The van der Waals surface area contributed by atoms with Crippen molar-refractivity contribution in [2.75, 3.05) is 19.8 Å². The Kier molecular flexibility index (Phi) is 18.7. The standard InChI is InChI=1S/C30H52N12O10/c1-14(2)10-18(24(45)41-22(15(3)13-52-30(35)51)26(47)39-19(12-43)28(49)50)38-25(46)20-6-5-8-37-42(20)27(48)23(16(4)31)40-21(44)11-17(32)7-9-36-29(33)34/h8,14,16-20,23,43H,5-7,9-13,31-32H2,1-4H3,(H2,35,51)(H,38,46)(H,39,47)(H,40,44)(H,41,45)(H,49,50)(H4,33,34,36). The fraction of sp³-hybridized carbons (Fsp3) is 0.633. The normalized spacial score (nSPS) is 17.3. The van der Waals surface area contributed by atoms with Gasteiger partial charge < -0.3 is 64.9 Å². The van der Waals surface area contributed by atoms with Gasteiger partial charge in [-0.2, -0.15) is 5.10 Å². The number of carbonyl (C=O) groups is 7. The number of primary amides is 1. The summed E-state index contributed by atoms with van der Waals surface area (Å²) in [7, 11) is 0. The van der Waals surface area contributed by atoms with Crippen LogP contribution in [0.15, 0.2) is 21.4 Å². The number of carboxylic acid groups (broad SMARTS) is 1. The third-order valence-electron chi connectivity index (χ3n) is 7.41. The van der Waals surface area contributed by atoms with Gasteiger partial charge >= 0.3 is 12.1 Å². The van der Waals surface area contributed by atoms with Crippen molar-refractivity contribution in [3.05, 3.63) is 11.3 Å². The van der Waals surface area contributed by atoms with Gasteiger partial charge in [0.15, 0.2) is 12.0 Å². The van der Waals surface area contributed by atoms with E-state index in [4.69, 9.17) is 33.4 Å². The van der Waals surface area contributed by atoms with Crippen LogP contribution >= 0.6 is 0 Å². The van der Waals surface area contributed by atoms with Crippen LogP contribution in [0.3, 0.4) is 0 Å². The number of hydrogen-bond donors (Lipinski definition) is 11. The van der Waals surface area contributed by atoms with Gasteiger partial charge in [0, 0.05) is 31.3 Å². The lowest BCUT2D eigenvalue weighted by Gasteiger charge is -2.34. The number of nitrogens with one attached hydrogen (secondary N) is 4. The summed E-state index contributed by atoms with van der Waals surface area (Å²) in [6.45, 7) is 4.91. The largest absolute Gasteiger partial charge is 0.480 e. The van der Waals surface area contributed by atoms with E-state index in [0.29, 0.717) is 0 Å². The number of aliphatic hydroxyl groups excluding tert-OH is 1. The van der Waals surface area contributed by atoms with Crippen LogP contribution in [0.5, 0.6) is 0 Å². The molecule has 1 rings (SSSR count). The van der Waals surface area contributed by atoms with Gasteiger partial charge in [0.1, 0.15) is 30.4 Å². The minimum Gasteiger partial charge on any atom is -0.480 e. The highest BCUT2D eigenvalue weighted by Crippen LogP contribution is 2.17. The molecule has 16 N–H and O–H groups in total. The minimum atomic E-state index is -1.75.